The van der Waals surface area contributed by atoms with Crippen molar-refractivity contribution in [1.82, 2.24) is 9.55 Å². The summed E-state index contributed by atoms with van der Waals surface area (Å²) in [6, 6.07) is 3.22. The van der Waals surface area contributed by atoms with Crippen LogP contribution in [0.1, 0.15) is 24.4 Å². The molecule has 0 saturated carbocycles. The molecule has 1 aromatic carbocycles. The van der Waals surface area contributed by atoms with Gasteiger partial charge in [0.2, 0.25) is 0 Å². The second kappa shape index (κ2) is 5.62. The molecule has 0 fully saturated rings. The molecule has 1 atom stereocenters. The molecule has 7 heteroatoms. The van der Waals surface area contributed by atoms with Gasteiger partial charge in [-0.15, -0.1) is 0 Å². The predicted molar refractivity (Wildman–Crippen MR) is 80.8 cm³/mol. The van der Waals surface area contributed by atoms with Crippen LogP contribution in [-0.4, -0.2) is 14.5 Å². The van der Waals surface area contributed by atoms with Crippen LogP contribution in [-0.2, 0) is 7.05 Å². The molecule has 0 amide bonds. The number of nitrogens with one attached hydrogen (secondary N) is 1. The molecular weight excluding hydrogens is 324 g/mol. The standard InChI is InChI=1S/C13H15BrN4O2/c1-8-6-10(14)11(7-12(8)18(19)20)16-9(2)13-15-4-5-17(13)3/h4-7,9,16H,1-3H3. The molecule has 0 saturated heterocycles. The van der Waals surface area contributed by atoms with Crippen molar-refractivity contribution in [2.45, 2.75) is 19.9 Å². The summed E-state index contributed by atoms with van der Waals surface area (Å²) < 4.78 is 2.70. The Hall–Kier alpha value is -1.89. The van der Waals surface area contributed by atoms with Crippen molar-refractivity contribution in [1.29, 1.82) is 0 Å². The van der Waals surface area contributed by atoms with Gasteiger partial charge in [0, 0.05) is 35.5 Å². The van der Waals surface area contributed by atoms with Gasteiger partial charge in [-0.1, -0.05) is 0 Å². The van der Waals surface area contributed by atoms with Gasteiger partial charge in [-0.25, -0.2) is 4.98 Å². The summed E-state index contributed by atoms with van der Waals surface area (Å²) in [5.41, 5.74) is 1.40. The van der Waals surface area contributed by atoms with Crippen molar-refractivity contribution in [2.24, 2.45) is 7.05 Å². The fraction of sp³-hybridized carbons (Fsp3) is 0.308. The van der Waals surface area contributed by atoms with Crippen LogP contribution in [0, 0.1) is 17.0 Å². The highest BCUT2D eigenvalue weighted by Crippen LogP contribution is 2.32. The minimum Gasteiger partial charge on any atom is -0.374 e. The Labute approximate surface area is 125 Å². The minimum absolute atomic E-state index is 0.0615. The zero-order valence-electron chi connectivity index (χ0n) is 11.4. The molecule has 6 nitrogen and oxygen atoms in total. The Morgan fingerprint density at radius 1 is 1.50 bits per heavy atom. The summed E-state index contributed by atoms with van der Waals surface area (Å²) in [6.45, 7) is 3.68. The van der Waals surface area contributed by atoms with E-state index in [1.54, 1.807) is 25.3 Å². The van der Waals surface area contributed by atoms with Crippen molar-refractivity contribution < 1.29 is 4.92 Å². The molecule has 1 heterocycles. The summed E-state index contributed by atoms with van der Waals surface area (Å²) in [5, 5.41) is 14.2. The van der Waals surface area contributed by atoms with E-state index < -0.39 is 0 Å². The smallest absolute Gasteiger partial charge is 0.274 e. The van der Waals surface area contributed by atoms with Crippen LogP contribution >= 0.6 is 15.9 Å². The average molecular weight is 339 g/mol. The molecule has 2 aromatic rings. The highest BCUT2D eigenvalue weighted by molar-refractivity contribution is 9.10. The second-order valence-corrected chi connectivity index (χ2v) is 5.49. The maximum absolute atomic E-state index is 11.0. The molecule has 1 N–H and O–H groups in total. The first-order valence-electron chi connectivity index (χ1n) is 6.08. The van der Waals surface area contributed by atoms with Gasteiger partial charge in [-0.3, -0.25) is 10.1 Å². The number of benzene rings is 1. The highest BCUT2D eigenvalue weighted by Gasteiger charge is 2.17. The van der Waals surface area contributed by atoms with E-state index in [4.69, 9.17) is 0 Å². The first kappa shape index (κ1) is 14.5. The fourth-order valence-corrected chi connectivity index (χ4v) is 2.63. The molecule has 0 aliphatic carbocycles. The fourth-order valence-electron chi connectivity index (χ4n) is 2.06. The van der Waals surface area contributed by atoms with Gasteiger partial charge < -0.3 is 9.88 Å². The number of hydrogen-bond donors (Lipinski definition) is 1. The van der Waals surface area contributed by atoms with E-state index in [1.807, 2.05) is 24.7 Å². The Morgan fingerprint density at radius 2 is 2.20 bits per heavy atom. The van der Waals surface area contributed by atoms with Crippen LogP contribution in [0.5, 0.6) is 0 Å². The molecule has 0 aliphatic rings. The monoisotopic (exact) mass is 338 g/mol. The summed E-state index contributed by atoms with van der Waals surface area (Å²) >= 11 is 3.43. The van der Waals surface area contributed by atoms with Gasteiger partial charge in [-0.2, -0.15) is 0 Å². The third kappa shape index (κ3) is 2.82. The maximum atomic E-state index is 11.0. The van der Waals surface area contributed by atoms with Gasteiger partial charge in [-0.05, 0) is 35.8 Å². The van der Waals surface area contributed by atoms with Gasteiger partial charge in [0.1, 0.15) is 5.82 Å². The first-order valence-corrected chi connectivity index (χ1v) is 6.87. The number of halogens is 1. The molecule has 0 bridgehead atoms. The van der Waals surface area contributed by atoms with E-state index in [1.165, 1.54) is 0 Å². The van der Waals surface area contributed by atoms with Crippen molar-refractivity contribution in [3.05, 3.63) is 50.5 Å². The van der Waals surface area contributed by atoms with Crippen LogP contribution in [0.25, 0.3) is 0 Å². The topological polar surface area (TPSA) is 73.0 Å². The van der Waals surface area contributed by atoms with E-state index >= 15 is 0 Å². The molecule has 1 unspecified atom stereocenters. The number of hydrogen-bond acceptors (Lipinski definition) is 4. The third-order valence-corrected chi connectivity index (χ3v) is 3.76. The van der Waals surface area contributed by atoms with Crippen LogP contribution in [0.15, 0.2) is 29.0 Å². The summed E-state index contributed by atoms with van der Waals surface area (Å²) in [4.78, 5) is 14.9. The van der Waals surface area contributed by atoms with Crippen molar-refractivity contribution >= 4 is 27.3 Å². The second-order valence-electron chi connectivity index (χ2n) is 4.64. The van der Waals surface area contributed by atoms with Gasteiger partial charge in [0.25, 0.3) is 5.69 Å². The lowest BCUT2D eigenvalue weighted by atomic mass is 10.1. The highest BCUT2D eigenvalue weighted by atomic mass is 79.9. The third-order valence-electron chi connectivity index (χ3n) is 3.10. The molecule has 0 radical (unpaired) electrons. The lowest BCUT2D eigenvalue weighted by Crippen LogP contribution is -2.12. The lowest BCUT2D eigenvalue weighted by Gasteiger charge is -2.16. The zero-order chi connectivity index (χ0) is 14.9. The van der Waals surface area contributed by atoms with E-state index in [-0.39, 0.29) is 16.7 Å². The van der Waals surface area contributed by atoms with Gasteiger partial charge >= 0.3 is 0 Å². The number of nitro benzene ring substituents is 1. The summed E-state index contributed by atoms with van der Waals surface area (Å²) in [5.74, 6) is 0.861. The average Bonchev–Trinajstić information content (AvgIpc) is 2.78. The Balaban J connectivity index is 2.32. The normalized spacial score (nSPS) is 12.2. The molecule has 20 heavy (non-hydrogen) atoms. The molecule has 2 rings (SSSR count). The predicted octanol–water partition coefficient (Wildman–Crippen LogP) is 3.57. The van der Waals surface area contributed by atoms with Crippen molar-refractivity contribution in [3.63, 3.8) is 0 Å². The maximum Gasteiger partial charge on any atom is 0.274 e. The largest absolute Gasteiger partial charge is 0.374 e. The minimum atomic E-state index is -0.377. The van der Waals surface area contributed by atoms with Gasteiger partial charge in [0.05, 0.1) is 16.7 Å². The number of aromatic nitrogens is 2. The van der Waals surface area contributed by atoms with E-state index in [0.717, 1.165) is 10.3 Å². The van der Waals surface area contributed by atoms with Crippen LogP contribution in [0.3, 0.4) is 0 Å². The lowest BCUT2D eigenvalue weighted by molar-refractivity contribution is -0.385. The molecule has 1 aromatic heterocycles. The molecule has 0 aliphatic heterocycles. The zero-order valence-corrected chi connectivity index (χ0v) is 13.0. The first-order chi connectivity index (χ1) is 9.40. The van der Waals surface area contributed by atoms with Crippen LogP contribution in [0.2, 0.25) is 0 Å². The SMILES string of the molecule is Cc1cc(Br)c(NC(C)c2nccn2C)cc1[N+](=O)[O-]. The number of nitrogens with zero attached hydrogens (tertiary/aromatic N) is 3. The van der Waals surface area contributed by atoms with Crippen molar-refractivity contribution in [2.75, 3.05) is 5.32 Å². The number of aryl methyl sites for hydroxylation is 2. The van der Waals surface area contributed by atoms with Gasteiger partial charge in [0.15, 0.2) is 0 Å². The summed E-state index contributed by atoms with van der Waals surface area (Å²) in [7, 11) is 1.91. The molecular formula is C13H15BrN4O2. The van der Waals surface area contributed by atoms with E-state index in [9.17, 15) is 10.1 Å². The van der Waals surface area contributed by atoms with E-state index in [0.29, 0.717) is 11.3 Å². The Bertz CT molecular complexity index is 654. The number of nitro groups is 1. The number of imidazole rings is 1. The van der Waals surface area contributed by atoms with E-state index in [2.05, 4.69) is 26.2 Å². The quantitative estimate of drug-likeness (QED) is 0.683. The van der Waals surface area contributed by atoms with Crippen LogP contribution < -0.4 is 5.32 Å². The number of anilines is 1. The summed E-state index contributed by atoms with van der Waals surface area (Å²) in [6.07, 6.45) is 3.58. The van der Waals surface area contributed by atoms with Crippen molar-refractivity contribution in [3.8, 4) is 0 Å². The molecule has 106 valence electrons. The Kier molecular flexibility index (Phi) is 4.08. The Morgan fingerprint density at radius 3 is 2.75 bits per heavy atom. The van der Waals surface area contributed by atoms with Crippen LogP contribution in [0.4, 0.5) is 11.4 Å². The number of rotatable bonds is 4. The molecule has 0 spiro atoms.